The molecule has 0 aromatic carbocycles. The van der Waals surface area contributed by atoms with Crippen molar-refractivity contribution in [2.45, 2.75) is 4.21 Å². The molecule has 2 N–H and O–H groups in total. The van der Waals surface area contributed by atoms with Crippen LogP contribution in [0.1, 0.15) is 0 Å². The molecule has 0 aliphatic carbocycles. The molecule has 0 atom stereocenters. The standard InChI is InChI=1S/C4H4BrNO2S2/c5-3-1-4(9-2-3)10(6,7)8/h1-2H,(H2,6,7,8). The van der Waals surface area contributed by atoms with Gasteiger partial charge in [0.1, 0.15) is 4.21 Å². The smallest absolute Gasteiger partial charge is 0.224 e. The number of rotatable bonds is 1. The molecule has 1 aromatic rings. The fraction of sp³-hybridized carbons (Fsp3) is 0. The highest BCUT2D eigenvalue weighted by Crippen LogP contribution is 2.22. The number of halogens is 1. The van der Waals surface area contributed by atoms with Crippen LogP contribution in [0.4, 0.5) is 0 Å². The van der Waals surface area contributed by atoms with E-state index in [0.717, 1.165) is 15.8 Å². The van der Waals surface area contributed by atoms with Gasteiger partial charge in [0.25, 0.3) is 0 Å². The molecule has 0 saturated heterocycles. The van der Waals surface area contributed by atoms with Crippen molar-refractivity contribution in [1.82, 2.24) is 0 Å². The molecule has 0 radical (unpaired) electrons. The number of hydrogen-bond donors (Lipinski definition) is 1. The molecular formula is C4H4BrNO2S2. The average Bonchev–Trinajstić information content (AvgIpc) is 2.11. The van der Waals surface area contributed by atoms with Gasteiger partial charge in [-0.1, -0.05) is 0 Å². The minimum Gasteiger partial charge on any atom is -0.224 e. The molecule has 56 valence electrons. The van der Waals surface area contributed by atoms with E-state index in [1.165, 1.54) is 6.07 Å². The van der Waals surface area contributed by atoms with Gasteiger partial charge in [0.05, 0.1) is 0 Å². The molecule has 0 amide bonds. The van der Waals surface area contributed by atoms with Crippen LogP contribution in [0.3, 0.4) is 0 Å². The second kappa shape index (κ2) is 2.61. The van der Waals surface area contributed by atoms with E-state index in [1.54, 1.807) is 5.38 Å². The van der Waals surface area contributed by atoms with Gasteiger partial charge in [-0.3, -0.25) is 0 Å². The number of nitrogens with two attached hydrogens (primary N) is 1. The summed E-state index contributed by atoms with van der Waals surface area (Å²) >= 11 is 4.21. The zero-order valence-corrected chi connectivity index (χ0v) is 7.96. The summed E-state index contributed by atoms with van der Waals surface area (Å²) in [6.07, 6.45) is 0. The fourth-order valence-electron chi connectivity index (χ4n) is 0.444. The van der Waals surface area contributed by atoms with Gasteiger partial charge in [0.2, 0.25) is 10.0 Å². The number of primary sulfonamides is 1. The van der Waals surface area contributed by atoms with Gasteiger partial charge in [-0.15, -0.1) is 11.3 Å². The summed E-state index contributed by atoms with van der Waals surface area (Å²) in [6, 6.07) is 1.47. The molecule has 1 heterocycles. The third-order valence-corrected chi connectivity index (χ3v) is 3.97. The molecule has 0 saturated carbocycles. The van der Waals surface area contributed by atoms with E-state index in [9.17, 15) is 8.42 Å². The molecule has 3 nitrogen and oxygen atoms in total. The van der Waals surface area contributed by atoms with E-state index in [0.29, 0.717) is 0 Å². The second-order valence-electron chi connectivity index (χ2n) is 1.63. The van der Waals surface area contributed by atoms with Gasteiger partial charge < -0.3 is 0 Å². The maximum absolute atomic E-state index is 10.6. The molecule has 1 rings (SSSR count). The quantitative estimate of drug-likeness (QED) is 0.803. The number of thiophene rings is 1. The molecule has 0 fully saturated rings. The molecule has 10 heavy (non-hydrogen) atoms. The second-order valence-corrected chi connectivity index (χ2v) is 5.24. The molecular weight excluding hydrogens is 238 g/mol. The van der Waals surface area contributed by atoms with Crippen molar-refractivity contribution in [2.24, 2.45) is 5.14 Å². The van der Waals surface area contributed by atoms with Crippen LogP contribution in [0.25, 0.3) is 0 Å². The van der Waals surface area contributed by atoms with Crippen LogP contribution in [-0.4, -0.2) is 8.42 Å². The molecule has 0 bridgehead atoms. The Bertz CT molecular complexity index is 329. The predicted molar refractivity (Wildman–Crippen MR) is 43.4 cm³/mol. The van der Waals surface area contributed by atoms with Crippen LogP contribution in [0, 0.1) is 0 Å². The highest BCUT2D eigenvalue weighted by molar-refractivity contribution is 9.10. The monoisotopic (exact) mass is 241 g/mol. The van der Waals surface area contributed by atoms with Crippen molar-refractivity contribution in [2.75, 3.05) is 0 Å². The Kier molecular flexibility index (Phi) is 2.14. The zero-order valence-electron chi connectivity index (χ0n) is 4.74. The fourth-order valence-corrected chi connectivity index (χ4v) is 2.72. The Balaban J connectivity index is 3.21. The summed E-state index contributed by atoms with van der Waals surface area (Å²) in [4.78, 5) is 0. The van der Waals surface area contributed by atoms with E-state index in [1.807, 2.05) is 0 Å². The Morgan fingerprint density at radius 2 is 2.20 bits per heavy atom. The van der Waals surface area contributed by atoms with E-state index in [4.69, 9.17) is 5.14 Å². The highest BCUT2D eigenvalue weighted by Gasteiger charge is 2.09. The lowest BCUT2D eigenvalue weighted by molar-refractivity contribution is 0.600. The SMILES string of the molecule is NS(=O)(=O)c1cc(Br)cs1. The van der Waals surface area contributed by atoms with Gasteiger partial charge in [-0.2, -0.15) is 0 Å². The van der Waals surface area contributed by atoms with Crippen molar-refractivity contribution < 1.29 is 8.42 Å². The Morgan fingerprint density at radius 3 is 2.40 bits per heavy atom. The van der Waals surface area contributed by atoms with Crippen molar-refractivity contribution in [3.63, 3.8) is 0 Å². The first-order chi connectivity index (χ1) is 4.50. The van der Waals surface area contributed by atoms with Crippen molar-refractivity contribution in [3.8, 4) is 0 Å². The lowest BCUT2D eigenvalue weighted by atomic mass is 10.7. The zero-order chi connectivity index (χ0) is 7.78. The predicted octanol–water partition coefficient (Wildman–Crippen LogP) is 1.16. The van der Waals surface area contributed by atoms with Gasteiger partial charge in [0.15, 0.2) is 0 Å². The third kappa shape index (κ3) is 1.79. The Hall–Kier alpha value is 0.0900. The molecule has 1 aromatic heterocycles. The Morgan fingerprint density at radius 1 is 1.60 bits per heavy atom. The van der Waals surface area contributed by atoms with Gasteiger partial charge in [0, 0.05) is 9.85 Å². The molecule has 0 aliphatic heterocycles. The summed E-state index contributed by atoms with van der Waals surface area (Å²) in [7, 11) is -3.49. The first-order valence-corrected chi connectivity index (χ1v) is 5.49. The van der Waals surface area contributed by atoms with Crippen LogP contribution in [0.2, 0.25) is 0 Å². The van der Waals surface area contributed by atoms with Crippen LogP contribution >= 0.6 is 27.3 Å². The minimum absolute atomic E-state index is 0.180. The van der Waals surface area contributed by atoms with Crippen LogP contribution in [0.15, 0.2) is 20.1 Å². The number of hydrogen-bond acceptors (Lipinski definition) is 3. The Labute approximate surface area is 71.0 Å². The third-order valence-electron chi connectivity index (χ3n) is 0.824. The molecule has 6 heteroatoms. The largest absolute Gasteiger partial charge is 0.247 e. The van der Waals surface area contributed by atoms with Crippen LogP contribution in [-0.2, 0) is 10.0 Å². The van der Waals surface area contributed by atoms with E-state index < -0.39 is 10.0 Å². The molecule has 0 aliphatic rings. The minimum atomic E-state index is -3.49. The summed E-state index contributed by atoms with van der Waals surface area (Å²) < 4.78 is 22.1. The summed E-state index contributed by atoms with van der Waals surface area (Å²) in [5, 5.41) is 6.50. The van der Waals surface area contributed by atoms with Crippen molar-refractivity contribution in [1.29, 1.82) is 0 Å². The highest BCUT2D eigenvalue weighted by atomic mass is 79.9. The topological polar surface area (TPSA) is 60.2 Å². The van der Waals surface area contributed by atoms with Crippen LogP contribution in [0.5, 0.6) is 0 Å². The van der Waals surface area contributed by atoms with Crippen LogP contribution < -0.4 is 5.14 Å². The maximum Gasteiger partial charge on any atom is 0.247 e. The van der Waals surface area contributed by atoms with Crippen molar-refractivity contribution >= 4 is 37.3 Å². The average molecular weight is 242 g/mol. The summed E-state index contributed by atoms with van der Waals surface area (Å²) in [6.45, 7) is 0. The van der Waals surface area contributed by atoms with E-state index >= 15 is 0 Å². The van der Waals surface area contributed by atoms with E-state index in [-0.39, 0.29) is 4.21 Å². The number of sulfonamides is 1. The van der Waals surface area contributed by atoms with Crippen molar-refractivity contribution in [3.05, 3.63) is 15.9 Å². The lowest BCUT2D eigenvalue weighted by Crippen LogP contribution is -2.09. The first-order valence-electron chi connectivity index (χ1n) is 2.27. The van der Waals surface area contributed by atoms with E-state index in [2.05, 4.69) is 15.9 Å². The first kappa shape index (κ1) is 8.19. The molecule has 0 spiro atoms. The summed E-state index contributed by atoms with van der Waals surface area (Å²) in [5.41, 5.74) is 0. The van der Waals surface area contributed by atoms with Gasteiger partial charge >= 0.3 is 0 Å². The molecule has 0 unspecified atom stereocenters. The van der Waals surface area contributed by atoms with Gasteiger partial charge in [-0.05, 0) is 22.0 Å². The van der Waals surface area contributed by atoms with Gasteiger partial charge in [-0.25, -0.2) is 13.6 Å². The lowest BCUT2D eigenvalue weighted by Gasteiger charge is -1.86. The summed E-state index contributed by atoms with van der Waals surface area (Å²) in [5.74, 6) is 0. The maximum atomic E-state index is 10.6. The normalized spacial score (nSPS) is 11.8.